The molecule has 3 rings (SSSR count). The Balaban J connectivity index is 1.98. The van der Waals surface area contributed by atoms with Gasteiger partial charge in [-0.3, -0.25) is 9.59 Å². The Bertz CT molecular complexity index is 1020. The lowest BCUT2D eigenvalue weighted by Gasteiger charge is -2.20. The van der Waals surface area contributed by atoms with Crippen molar-refractivity contribution in [3.63, 3.8) is 0 Å². The normalized spacial score (nSPS) is 12.8. The molecule has 0 aliphatic rings. The molecule has 1 amide bonds. The summed E-state index contributed by atoms with van der Waals surface area (Å²) in [5.74, 6) is -0.0938. The summed E-state index contributed by atoms with van der Waals surface area (Å²) in [6.45, 7) is 9.35. The van der Waals surface area contributed by atoms with E-state index in [-0.39, 0.29) is 11.5 Å². The fourth-order valence-corrected chi connectivity index (χ4v) is 3.53. The maximum atomic E-state index is 12.8. The lowest BCUT2D eigenvalue weighted by molar-refractivity contribution is -0.123. The van der Waals surface area contributed by atoms with Crippen LogP contribution in [0.4, 0.5) is 0 Å². The molecule has 0 saturated heterocycles. The third kappa shape index (κ3) is 3.47. The molecule has 2 aromatic heterocycles. The molecule has 0 unspecified atom stereocenters. The van der Waals surface area contributed by atoms with E-state index < -0.39 is 6.04 Å². The summed E-state index contributed by atoms with van der Waals surface area (Å²) < 4.78 is 3.14. The van der Waals surface area contributed by atoms with E-state index in [4.69, 9.17) is 0 Å². The molecule has 0 aliphatic heterocycles. The summed E-state index contributed by atoms with van der Waals surface area (Å²) in [5.41, 5.74) is 1.18. The molecule has 3 aromatic rings. The van der Waals surface area contributed by atoms with Gasteiger partial charge in [0.05, 0.1) is 11.7 Å². The fourth-order valence-electron chi connectivity index (χ4n) is 3.53. The Labute approximate surface area is 158 Å². The van der Waals surface area contributed by atoms with Gasteiger partial charge in [0.1, 0.15) is 11.6 Å². The third-order valence-corrected chi connectivity index (χ3v) is 5.19. The number of likely N-dealkylation sites (N-methyl/N-ethyl adjacent to an activating group) is 1. The molecular weight excluding hydrogens is 342 g/mol. The molecule has 7 heteroatoms. The first kappa shape index (κ1) is 19.1. The van der Waals surface area contributed by atoms with Gasteiger partial charge in [-0.15, -0.1) is 0 Å². The number of hydrogen-bond donors (Lipinski definition) is 1. The Hall–Kier alpha value is -2.67. The van der Waals surface area contributed by atoms with Crippen LogP contribution in [-0.2, 0) is 11.8 Å². The van der Waals surface area contributed by atoms with Crippen molar-refractivity contribution >= 4 is 27.7 Å². The third-order valence-electron chi connectivity index (χ3n) is 5.19. The van der Waals surface area contributed by atoms with E-state index in [1.54, 1.807) is 13.2 Å². The minimum Gasteiger partial charge on any atom is -0.353 e. The summed E-state index contributed by atoms with van der Waals surface area (Å²) >= 11 is 0. The second-order valence-electron chi connectivity index (χ2n) is 6.72. The monoisotopic (exact) mass is 369 g/mol. The van der Waals surface area contributed by atoms with Gasteiger partial charge in [-0.2, -0.15) is 5.10 Å². The molecule has 0 spiro atoms. The van der Waals surface area contributed by atoms with Gasteiger partial charge in [-0.05, 0) is 26.1 Å². The van der Waals surface area contributed by atoms with Crippen LogP contribution in [0.25, 0.3) is 21.8 Å². The highest BCUT2D eigenvalue weighted by Crippen LogP contribution is 2.29. The lowest BCUT2D eigenvalue weighted by atomic mass is 10.2. The number of benzene rings is 1. The Morgan fingerprint density at radius 3 is 2.63 bits per heavy atom. The Morgan fingerprint density at radius 1 is 1.22 bits per heavy atom. The molecule has 0 radical (unpaired) electrons. The number of nitrogens with zero attached hydrogens (tertiary/aromatic N) is 4. The largest absolute Gasteiger partial charge is 0.353 e. The average molecular weight is 369 g/mol. The molecule has 7 nitrogen and oxygen atoms in total. The van der Waals surface area contributed by atoms with Gasteiger partial charge >= 0.3 is 0 Å². The van der Waals surface area contributed by atoms with E-state index in [0.717, 1.165) is 35.9 Å². The van der Waals surface area contributed by atoms with Crippen LogP contribution in [-0.4, -0.2) is 51.3 Å². The van der Waals surface area contributed by atoms with Gasteiger partial charge < -0.3 is 14.8 Å². The second kappa shape index (κ2) is 7.92. The van der Waals surface area contributed by atoms with Gasteiger partial charge in [-0.25, -0.2) is 4.68 Å². The van der Waals surface area contributed by atoms with E-state index in [1.165, 1.54) is 4.68 Å². The highest BCUT2D eigenvalue weighted by Gasteiger charge is 2.23. The van der Waals surface area contributed by atoms with E-state index in [9.17, 15) is 9.59 Å². The van der Waals surface area contributed by atoms with Crippen molar-refractivity contribution in [1.29, 1.82) is 0 Å². The SMILES string of the molecule is CCN(CC)CCNC(=O)[C@@H](C)n1c2ccccc2c2cnn(C)c(=O)c21. The molecule has 1 atom stereocenters. The molecular formula is C20H27N5O2. The number of carbonyl (C=O) groups excluding carboxylic acids is 1. The van der Waals surface area contributed by atoms with E-state index in [1.807, 2.05) is 35.8 Å². The van der Waals surface area contributed by atoms with Crippen molar-refractivity contribution in [3.8, 4) is 0 Å². The molecule has 1 N–H and O–H groups in total. The van der Waals surface area contributed by atoms with Crippen molar-refractivity contribution < 1.29 is 4.79 Å². The molecule has 2 heterocycles. The van der Waals surface area contributed by atoms with Gasteiger partial charge in [0.25, 0.3) is 5.56 Å². The van der Waals surface area contributed by atoms with Gasteiger partial charge in [0.15, 0.2) is 0 Å². The quantitative estimate of drug-likeness (QED) is 0.690. The standard InChI is InChI=1S/C20H27N5O2/c1-5-24(6-2)12-11-21-19(26)14(3)25-17-10-8-7-9-15(17)16-13-22-23(4)20(27)18(16)25/h7-10,13-14H,5-6,11-12H2,1-4H3,(H,21,26)/t14-/m1/s1. The predicted molar refractivity (Wildman–Crippen MR) is 108 cm³/mol. The minimum atomic E-state index is -0.501. The van der Waals surface area contributed by atoms with Crippen LogP contribution < -0.4 is 10.9 Å². The molecule has 0 fully saturated rings. The number of aromatic nitrogens is 3. The first-order chi connectivity index (χ1) is 13.0. The van der Waals surface area contributed by atoms with Gasteiger partial charge in [0.2, 0.25) is 5.91 Å². The second-order valence-corrected chi connectivity index (χ2v) is 6.72. The van der Waals surface area contributed by atoms with E-state index in [2.05, 4.69) is 29.2 Å². The number of carbonyl (C=O) groups is 1. The summed E-state index contributed by atoms with van der Waals surface area (Å²) in [6, 6.07) is 7.24. The number of para-hydroxylation sites is 1. The zero-order valence-corrected chi connectivity index (χ0v) is 16.4. The Morgan fingerprint density at radius 2 is 1.93 bits per heavy atom. The van der Waals surface area contributed by atoms with E-state index in [0.29, 0.717) is 12.1 Å². The van der Waals surface area contributed by atoms with Crippen LogP contribution in [0, 0.1) is 0 Å². The van der Waals surface area contributed by atoms with Crippen molar-refractivity contribution in [3.05, 3.63) is 40.8 Å². The number of amides is 1. The van der Waals surface area contributed by atoms with Crippen LogP contribution in [0.15, 0.2) is 35.3 Å². The predicted octanol–water partition coefficient (Wildman–Crippen LogP) is 1.91. The van der Waals surface area contributed by atoms with Crippen LogP contribution in [0.3, 0.4) is 0 Å². The van der Waals surface area contributed by atoms with E-state index >= 15 is 0 Å². The zero-order valence-electron chi connectivity index (χ0n) is 16.4. The maximum Gasteiger partial charge on any atom is 0.291 e. The van der Waals surface area contributed by atoms with Crippen molar-refractivity contribution in [2.45, 2.75) is 26.8 Å². The van der Waals surface area contributed by atoms with Crippen molar-refractivity contribution in [2.75, 3.05) is 26.2 Å². The molecule has 0 aliphatic carbocycles. The number of aryl methyl sites for hydroxylation is 1. The smallest absolute Gasteiger partial charge is 0.291 e. The van der Waals surface area contributed by atoms with Crippen LogP contribution >= 0.6 is 0 Å². The number of nitrogens with one attached hydrogen (secondary N) is 1. The van der Waals surface area contributed by atoms with Crippen molar-refractivity contribution in [2.24, 2.45) is 7.05 Å². The summed E-state index contributed by atoms with van der Waals surface area (Å²) in [7, 11) is 1.62. The first-order valence-electron chi connectivity index (χ1n) is 9.44. The minimum absolute atomic E-state index is 0.0938. The highest BCUT2D eigenvalue weighted by atomic mass is 16.2. The Kier molecular flexibility index (Phi) is 5.60. The maximum absolute atomic E-state index is 12.8. The van der Waals surface area contributed by atoms with Crippen LogP contribution in [0.2, 0.25) is 0 Å². The zero-order chi connectivity index (χ0) is 19.6. The number of rotatable bonds is 7. The molecule has 1 aromatic carbocycles. The highest BCUT2D eigenvalue weighted by molar-refractivity contribution is 6.08. The molecule has 0 saturated carbocycles. The van der Waals surface area contributed by atoms with Gasteiger partial charge in [-0.1, -0.05) is 32.0 Å². The molecule has 0 bridgehead atoms. The summed E-state index contributed by atoms with van der Waals surface area (Å²) in [5, 5.41) is 8.86. The van der Waals surface area contributed by atoms with Crippen molar-refractivity contribution in [1.82, 2.24) is 24.6 Å². The molecule has 27 heavy (non-hydrogen) atoms. The summed E-state index contributed by atoms with van der Waals surface area (Å²) in [4.78, 5) is 27.8. The first-order valence-corrected chi connectivity index (χ1v) is 9.44. The lowest BCUT2D eigenvalue weighted by Crippen LogP contribution is -2.38. The average Bonchev–Trinajstić information content (AvgIpc) is 3.02. The van der Waals surface area contributed by atoms with Crippen LogP contribution in [0.1, 0.15) is 26.8 Å². The van der Waals surface area contributed by atoms with Gasteiger partial charge in [0, 0.05) is 30.9 Å². The van der Waals surface area contributed by atoms with Crippen LogP contribution in [0.5, 0.6) is 0 Å². The number of fused-ring (bicyclic) bond motifs is 3. The number of hydrogen-bond acceptors (Lipinski definition) is 4. The molecule has 144 valence electrons. The fraction of sp³-hybridized carbons (Fsp3) is 0.450. The topological polar surface area (TPSA) is 72.2 Å². The summed E-state index contributed by atoms with van der Waals surface area (Å²) in [6.07, 6.45) is 1.70.